The molecule has 4 aliphatic heterocycles. The largest absolute Gasteiger partial charge is 0.458 e. The third kappa shape index (κ3) is 7.18. The Hall–Kier alpha value is -10.1. The van der Waals surface area contributed by atoms with E-state index in [0.29, 0.717) is 0 Å². The third-order valence-corrected chi connectivity index (χ3v) is 17.7. The summed E-state index contributed by atoms with van der Waals surface area (Å²) in [5.41, 5.74) is 20.5. The number of benzene rings is 12. The molecule has 6 nitrogen and oxygen atoms in total. The molecule has 0 N–H and O–H groups in total. The molecule has 0 spiro atoms. The molecule has 0 radical (unpaired) electrons. The molecule has 0 atom stereocenters. The summed E-state index contributed by atoms with van der Waals surface area (Å²) < 4.78 is 21.1. The molecule has 81 heavy (non-hydrogen) atoms. The van der Waals surface area contributed by atoms with Crippen molar-refractivity contribution in [3.63, 3.8) is 0 Å². The molecule has 0 unspecified atom stereocenters. The molecule has 0 saturated carbocycles. The first kappa shape index (κ1) is 45.9. The third-order valence-electron chi connectivity index (χ3n) is 16.6. The van der Waals surface area contributed by atoms with Gasteiger partial charge in [0.2, 0.25) is 6.71 Å². The topological polar surface area (TPSA) is 41.3 Å². The lowest BCUT2D eigenvalue weighted by Gasteiger charge is -2.42. The molecule has 5 heterocycles. The number of hydrogen-bond acceptors (Lipinski definition) is 7. The van der Waals surface area contributed by atoms with Gasteiger partial charge in [-0.2, -0.15) is 0 Å². The van der Waals surface area contributed by atoms with Gasteiger partial charge in [-0.25, -0.2) is 0 Å². The van der Waals surface area contributed by atoms with Gasteiger partial charge in [0.1, 0.15) is 34.2 Å². The van der Waals surface area contributed by atoms with Crippen LogP contribution in [0.25, 0.3) is 33.1 Å². The van der Waals surface area contributed by atoms with Crippen molar-refractivity contribution < 1.29 is 13.9 Å². The maximum atomic E-state index is 7.35. The summed E-state index contributed by atoms with van der Waals surface area (Å²) in [5, 5.41) is 2.21. The Morgan fingerprint density at radius 3 is 1.54 bits per heavy atom. The normalized spacial score (nSPS) is 13.0. The van der Waals surface area contributed by atoms with E-state index in [1.165, 1.54) is 21.3 Å². The van der Waals surface area contributed by atoms with E-state index in [1.54, 1.807) is 0 Å². The van der Waals surface area contributed by atoms with Crippen LogP contribution in [0.1, 0.15) is 0 Å². The molecule has 13 aromatic rings. The van der Waals surface area contributed by atoms with Crippen molar-refractivity contribution in [2.75, 3.05) is 14.7 Å². The Morgan fingerprint density at radius 2 is 0.852 bits per heavy atom. The first-order valence-corrected chi connectivity index (χ1v) is 28.4. The molecule has 0 saturated heterocycles. The van der Waals surface area contributed by atoms with Crippen LogP contribution >= 0.6 is 11.8 Å². The summed E-state index contributed by atoms with van der Waals surface area (Å²) in [6.07, 6.45) is 0. The van der Waals surface area contributed by atoms with Crippen LogP contribution in [-0.2, 0) is 0 Å². The summed E-state index contributed by atoms with van der Waals surface area (Å²) in [7, 11) is 0. The Labute approximate surface area is 473 Å². The fourth-order valence-corrected chi connectivity index (χ4v) is 14.4. The second-order valence-electron chi connectivity index (χ2n) is 21.1. The summed E-state index contributed by atoms with van der Waals surface area (Å²) in [5.74, 6) is 3.27. The van der Waals surface area contributed by atoms with Gasteiger partial charge in [-0.3, -0.25) is 0 Å². The number of fused-ring (bicyclic) bond motifs is 11. The first-order chi connectivity index (χ1) is 40.2. The fourth-order valence-electron chi connectivity index (χ4n) is 13.2. The summed E-state index contributed by atoms with van der Waals surface area (Å²) in [6, 6.07) is 97.8. The molecule has 0 fully saturated rings. The van der Waals surface area contributed by atoms with E-state index in [-0.39, 0.29) is 13.4 Å². The second-order valence-corrected chi connectivity index (χ2v) is 22.2. The van der Waals surface area contributed by atoms with E-state index in [1.807, 2.05) is 17.8 Å². The van der Waals surface area contributed by atoms with Crippen molar-refractivity contribution in [2.45, 2.75) is 9.79 Å². The Kier molecular flexibility index (Phi) is 10.3. The van der Waals surface area contributed by atoms with E-state index in [4.69, 9.17) is 13.9 Å². The van der Waals surface area contributed by atoms with Crippen molar-refractivity contribution >= 4 is 131 Å². The summed E-state index contributed by atoms with van der Waals surface area (Å²) >= 11 is 1.84. The van der Waals surface area contributed by atoms with E-state index in [9.17, 15) is 0 Å². The minimum Gasteiger partial charge on any atom is -0.458 e. The van der Waals surface area contributed by atoms with Gasteiger partial charge in [-0.1, -0.05) is 187 Å². The monoisotopic (exact) mass is 1050 g/mol. The highest BCUT2D eigenvalue weighted by Gasteiger charge is 2.46. The quantitative estimate of drug-likeness (QED) is 0.140. The van der Waals surface area contributed by atoms with Crippen LogP contribution in [0.5, 0.6) is 23.0 Å². The van der Waals surface area contributed by atoms with Gasteiger partial charge in [-0.05, 0) is 113 Å². The zero-order chi connectivity index (χ0) is 53.1. The van der Waals surface area contributed by atoms with Crippen LogP contribution in [0.2, 0.25) is 0 Å². The maximum absolute atomic E-state index is 7.35. The second kappa shape index (κ2) is 18.2. The standard InChI is InChI=1S/C72H45B2N3O3S/c1-5-22-46(23-6-1)75(47-24-7-2-8-25-47)50-40-62-70-69(43-50)81-68-45-65-58(74-57-35-16-20-39-64(57)78-66-41-51(42-67(79-65)71(66)74)76(48-26-9-3-10-27-48)49-28-11-4-12-29-49)44-59(68)73(70)56-34-15-18-37-61(56)77(62)60-36-17-13-30-52(60)54-32-21-33-55-53-31-14-19-38-63(53)80-72(54)55/h1-45H. The molecule has 0 aliphatic carbocycles. The number of hydrogen-bond donors (Lipinski definition) is 0. The molecule has 17 rings (SSSR count). The molecule has 0 amide bonds. The molecule has 9 heteroatoms. The van der Waals surface area contributed by atoms with Crippen molar-refractivity contribution in [1.29, 1.82) is 0 Å². The predicted molar refractivity (Wildman–Crippen MR) is 336 cm³/mol. The molecule has 12 aromatic carbocycles. The van der Waals surface area contributed by atoms with Crippen LogP contribution in [-0.4, -0.2) is 13.4 Å². The van der Waals surface area contributed by atoms with Gasteiger partial charge in [-0.15, -0.1) is 0 Å². The smallest absolute Gasteiger partial charge is 0.260 e. The van der Waals surface area contributed by atoms with E-state index < -0.39 is 0 Å². The lowest BCUT2D eigenvalue weighted by molar-refractivity contribution is 0.464. The van der Waals surface area contributed by atoms with E-state index >= 15 is 0 Å². The summed E-state index contributed by atoms with van der Waals surface area (Å²) in [6.45, 7) is -0.263. The zero-order valence-electron chi connectivity index (χ0n) is 43.6. The number of rotatable bonds is 8. The van der Waals surface area contributed by atoms with Crippen LogP contribution in [0.15, 0.2) is 287 Å². The highest BCUT2D eigenvalue weighted by molar-refractivity contribution is 8.00. The minimum atomic E-state index is -0.147. The van der Waals surface area contributed by atoms with Gasteiger partial charge in [0.25, 0.3) is 6.71 Å². The minimum absolute atomic E-state index is 0.116. The molecular formula is C72H45B2N3O3S. The van der Waals surface area contributed by atoms with E-state index in [0.717, 1.165) is 129 Å². The fraction of sp³-hybridized carbons (Fsp3) is 0. The molecule has 0 bridgehead atoms. The Morgan fingerprint density at radius 1 is 0.321 bits per heavy atom. The van der Waals surface area contributed by atoms with Gasteiger partial charge < -0.3 is 28.6 Å². The highest BCUT2D eigenvalue weighted by atomic mass is 32.2. The number of nitrogens with zero attached hydrogens (tertiary/aromatic N) is 3. The lowest BCUT2D eigenvalue weighted by Crippen LogP contribution is -2.62. The number of anilines is 9. The number of ether oxygens (including phenoxy) is 2. The number of furan rings is 1. The number of para-hydroxylation sites is 9. The Balaban J connectivity index is 0.890. The van der Waals surface area contributed by atoms with Gasteiger partial charge in [0, 0.05) is 89.1 Å². The van der Waals surface area contributed by atoms with Crippen LogP contribution in [0.4, 0.5) is 51.2 Å². The van der Waals surface area contributed by atoms with Crippen molar-refractivity contribution in [3.8, 4) is 34.1 Å². The predicted octanol–water partition coefficient (Wildman–Crippen LogP) is 15.7. The lowest BCUT2D eigenvalue weighted by atomic mass is 9.31. The summed E-state index contributed by atoms with van der Waals surface area (Å²) in [4.78, 5) is 9.54. The van der Waals surface area contributed by atoms with Crippen LogP contribution < -0.4 is 57.0 Å². The molecule has 1 aromatic heterocycles. The maximum Gasteiger partial charge on any atom is 0.260 e. The van der Waals surface area contributed by atoms with E-state index in [2.05, 4.69) is 282 Å². The average molecular weight is 1050 g/mol. The Bertz CT molecular complexity index is 4590. The van der Waals surface area contributed by atoms with Gasteiger partial charge in [0.15, 0.2) is 0 Å². The zero-order valence-corrected chi connectivity index (χ0v) is 44.4. The van der Waals surface area contributed by atoms with Crippen LogP contribution in [0.3, 0.4) is 0 Å². The molecule has 4 aliphatic rings. The average Bonchev–Trinajstić information content (AvgIpc) is 4.05. The van der Waals surface area contributed by atoms with Gasteiger partial charge >= 0.3 is 0 Å². The van der Waals surface area contributed by atoms with Crippen LogP contribution in [0, 0.1) is 0 Å². The van der Waals surface area contributed by atoms with Gasteiger partial charge in [0.05, 0.1) is 11.4 Å². The molecular weight excluding hydrogens is 1010 g/mol. The van der Waals surface area contributed by atoms with Crippen molar-refractivity contribution in [2.24, 2.45) is 0 Å². The van der Waals surface area contributed by atoms with Crippen molar-refractivity contribution in [1.82, 2.24) is 0 Å². The molecule has 378 valence electrons. The first-order valence-electron chi connectivity index (χ1n) is 27.5. The SMILES string of the molecule is c1ccc(N(c2ccccc2)c2cc3c4c(c2)Oc2cc5c(cc2B4c2ccccc2O3)B2c3ccccc3N(c3ccccc3-c3cccc4c3oc3ccccc34)c3cc(N(c4ccccc4)c4ccccc4)cc(c32)S5)cc1. The highest BCUT2D eigenvalue weighted by Crippen LogP contribution is 2.50. The van der Waals surface area contributed by atoms with Crippen molar-refractivity contribution in [3.05, 3.63) is 273 Å².